The minimum absolute atomic E-state index is 0.634. The molecule has 0 amide bonds. The van der Waals surface area contributed by atoms with Gasteiger partial charge in [-0.3, -0.25) is 0 Å². The van der Waals surface area contributed by atoms with Crippen LogP contribution in [-0.2, 0) is 0 Å². The van der Waals surface area contributed by atoms with Crippen LogP contribution in [0.1, 0.15) is 0 Å². The Kier molecular flexibility index (Phi) is 2.12. The smallest absolute Gasteiger partial charge is 0.193 e. The molecule has 1 aromatic carbocycles. The number of hydrogen-bond acceptors (Lipinski definition) is 2. The summed E-state index contributed by atoms with van der Waals surface area (Å²) < 4.78 is 5.51. The third-order valence-electron chi connectivity index (χ3n) is 2.49. The highest BCUT2D eigenvalue weighted by Crippen LogP contribution is 2.32. The minimum atomic E-state index is 0.634. The summed E-state index contributed by atoms with van der Waals surface area (Å²) in [6.45, 7) is 11.5. The molecule has 15 heavy (non-hydrogen) atoms. The van der Waals surface area contributed by atoms with Crippen LogP contribution >= 0.6 is 0 Å². The fourth-order valence-electron chi connectivity index (χ4n) is 1.68. The molecule has 0 aliphatic carbocycles. The number of fused-ring (bicyclic) bond motifs is 1. The molecule has 0 radical (unpaired) electrons. The van der Waals surface area contributed by atoms with E-state index in [2.05, 4.69) is 19.7 Å². The average molecular weight is 199 g/mol. The highest BCUT2D eigenvalue weighted by molar-refractivity contribution is 5.68. The third kappa shape index (κ3) is 1.34. The lowest BCUT2D eigenvalue weighted by Crippen LogP contribution is -2.28. The maximum absolute atomic E-state index is 5.51. The molecule has 0 saturated carbocycles. The van der Waals surface area contributed by atoms with Crippen molar-refractivity contribution in [1.29, 1.82) is 0 Å². The molecule has 0 spiro atoms. The number of rotatable bonds is 1. The van der Waals surface area contributed by atoms with Crippen molar-refractivity contribution in [2.45, 2.75) is 0 Å². The largest absolute Gasteiger partial charge is 0.439 e. The summed E-state index contributed by atoms with van der Waals surface area (Å²) in [7, 11) is 1.92. The summed E-state index contributed by atoms with van der Waals surface area (Å²) in [6.07, 6.45) is 3.68. The van der Waals surface area contributed by atoms with Gasteiger partial charge in [0.2, 0.25) is 0 Å². The number of anilines is 1. The van der Waals surface area contributed by atoms with Gasteiger partial charge in [0.1, 0.15) is 0 Å². The molecular weight excluding hydrogens is 186 g/mol. The number of hydrogen-bond donors (Lipinski definition) is 0. The van der Waals surface area contributed by atoms with E-state index in [1.165, 1.54) is 0 Å². The van der Waals surface area contributed by atoms with Crippen molar-refractivity contribution in [3.63, 3.8) is 0 Å². The predicted octanol–water partition coefficient (Wildman–Crippen LogP) is 1.36. The molecule has 2 rings (SSSR count). The first-order chi connectivity index (χ1) is 7.15. The number of nitrogens with zero attached hydrogens (tertiary/aromatic N) is 1. The monoisotopic (exact) mass is 199 g/mol. The molecule has 0 N–H and O–H groups in total. The van der Waals surface area contributed by atoms with Crippen molar-refractivity contribution in [1.82, 2.24) is 0 Å². The Bertz CT molecular complexity index is 542. The van der Waals surface area contributed by atoms with Crippen LogP contribution in [0.2, 0.25) is 0 Å². The first-order valence-corrected chi connectivity index (χ1v) is 4.70. The highest BCUT2D eigenvalue weighted by atomic mass is 16.5. The summed E-state index contributed by atoms with van der Waals surface area (Å²) in [6, 6.07) is 3.84. The van der Waals surface area contributed by atoms with E-state index in [9.17, 15) is 0 Å². The van der Waals surface area contributed by atoms with Crippen molar-refractivity contribution in [2.75, 3.05) is 11.9 Å². The molecule has 0 bridgehead atoms. The van der Waals surface area contributed by atoms with Crippen molar-refractivity contribution >= 4 is 18.3 Å². The number of benzene rings is 1. The standard InChI is InChI=1S/C13H13NO/c1-5-6-11-9(2)7-8-12-13(11)14(4)10(3)15-12/h5-8H,1-3H2,4H3/b11-6+. The van der Waals surface area contributed by atoms with Gasteiger partial charge in [-0.15, -0.1) is 0 Å². The van der Waals surface area contributed by atoms with Crippen LogP contribution in [-0.4, -0.2) is 7.05 Å². The van der Waals surface area contributed by atoms with Gasteiger partial charge >= 0.3 is 0 Å². The molecule has 0 saturated heterocycles. The SMILES string of the molecule is C=C/C=c1/c2c(ccc1=C)OC(=C)N2C. The van der Waals surface area contributed by atoms with Gasteiger partial charge in [-0.1, -0.05) is 31.4 Å². The number of ether oxygens (including phenoxy) is 1. The van der Waals surface area contributed by atoms with E-state index in [1.807, 2.05) is 30.2 Å². The van der Waals surface area contributed by atoms with Crippen molar-refractivity contribution in [2.24, 2.45) is 0 Å². The normalized spacial score (nSPS) is 15.1. The summed E-state index contributed by atoms with van der Waals surface area (Å²) in [5.74, 6) is 1.46. The Morgan fingerprint density at radius 2 is 2.07 bits per heavy atom. The third-order valence-corrected chi connectivity index (χ3v) is 2.49. The Hall–Kier alpha value is -1.96. The Morgan fingerprint density at radius 3 is 2.73 bits per heavy atom. The molecule has 76 valence electrons. The second kappa shape index (κ2) is 3.31. The van der Waals surface area contributed by atoms with E-state index in [0.717, 1.165) is 21.9 Å². The van der Waals surface area contributed by atoms with Gasteiger partial charge in [0, 0.05) is 12.3 Å². The van der Waals surface area contributed by atoms with E-state index < -0.39 is 0 Å². The maximum atomic E-state index is 5.51. The van der Waals surface area contributed by atoms with E-state index in [1.54, 1.807) is 6.08 Å². The second-order valence-electron chi connectivity index (χ2n) is 3.44. The van der Waals surface area contributed by atoms with E-state index in [4.69, 9.17) is 4.74 Å². The molecule has 0 fully saturated rings. The quantitative estimate of drug-likeness (QED) is 0.677. The molecule has 2 nitrogen and oxygen atoms in total. The lowest BCUT2D eigenvalue weighted by molar-refractivity contribution is 0.446. The fraction of sp³-hybridized carbons (Fsp3) is 0.0769. The summed E-state index contributed by atoms with van der Waals surface area (Å²) in [5, 5.41) is 1.99. The van der Waals surface area contributed by atoms with Crippen LogP contribution in [0.3, 0.4) is 0 Å². The zero-order valence-electron chi connectivity index (χ0n) is 8.79. The van der Waals surface area contributed by atoms with E-state index in [0.29, 0.717) is 5.88 Å². The second-order valence-corrected chi connectivity index (χ2v) is 3.44. The highest BCUT2D eigenvalue weighted by Gasteiger charge is 2.22. The topological polar surface area (TPSA) is 12.5 Å². The molecule has 1 aliphatic rings. The molecule has 0 atom stereocenters. The Morgan fingerprint density at radius 1 is 1.33 bits per heavy atom. The first kappa shape index (κ1) is 9.59. The summed E-state index contributed by atoms with van der Waals surface area (Å²) in [5.41, 5.74) is 1.01. The average Bonchev–Trinajstić information content (AvgIpc) is 2.49. The van der Waals surface area contributed by atoms with Crippen molar-refractivity contribution in [3.05, 3.63) is 47.7 Å². The Balaban J connectivity index is 2.83. The fourth-order valence-corrected chi connectivity index (χ4v) is 1.68. The van der Waals surface area contributed by atoms with Crippen LogP contribution in [0.4, 0.5) is 5.69 Å². The van der Waals surface area contributed by atoms with Crippen LogP contribution in [0.15, 0.2) is 37.2 Å². The van der Waals surface area contributed by atoms with E-state index >= 15 is 0 Å². The van der Waals surface area contributed by atoms with Crippen LogP contribution in [0, 0.1) is 0 Å². The molecule has 0 aromatic heterocycles. The van der Waals surface area contributed by atoms with E-state index in [-0.39, 0.29) is 0 Å². The Labute approximate surface area is 89.1 Å². The molecular formula is C13H13NO. The van der Waals surface area contributed by atoms with Gasteiger partial charge in [-0.25, -0.2) is 0 Å². The summed E-state index contributed by atoms with van der Waals surface area (Å²) >= 11 is 0. The summed E-state index contributed by atoms with van der Waals surface area (Å²) in [4.78, 5) is 1.92. The first-order valence-electron chi connectivity index (χ1n) is 4.70. The van der Waals surface area contributed by atoms with Crippen molar-refractivity contribution < 1.29 is 4.74 Å². The molecule has 1 aromatic rings. The molecule has 1 heterocycles. The van der Waals surface area contributed by atoms with Gasteiger partial charge in [-0.2, -0.15) is 0 Å². The molecule has 0 unspecified atom stereocenters. The zero-order chi connectivity index (χ0) is 11.0. The molecule has 2 heteroatoms. The maximum Gasteiger partial charge on any atom is 0.193 e. The van der Waals surface area contributed by atoms with Gasteiger partial charge in [0.15, 0.2) is 11.6 Å². The number of allylic oxidation sites excluding steroid dienone is 1. The zero-order valence-corrected chi connectivity index (χ0v) is 8.79. The van der Waals surface area contributed by atoms with Gasteiger partial charge in [-0.05, 0) is 17.9 Å². The van der Waals surface area contributed by atoms with Gasteiger partial charge < -0.3 is 9.64 Å². The molecule has 1 aliphatic heterocycles. The predicted molar refractivity (Wildman–Crippen MR) is 64.0 cm³/mol. The van der Waals surface area contributed by atoms with Crippen molar-refractivity contribution in [3.8, 4) is 5.75 Å². The van der Waals surface area contributed by atoms with Gasteiger partial charge in [0.25, 0.3) is 0 Å². The lowest BCUT2D eigenvalue weighted by Gasteiger charge is -2.09. The van der Waals surface area contributed by atoms with Crippen LogP contribution < -0.4 is 20.1 Å². The van der Waals surface area contributed by atoms with Crippen LogP contribution in [0.5, 0.6) is 5.75 Å². The van der Waals surface area contributed by atoms with Gasteiger partial charge in [0.05, 0.1) is 5.69 Å². The van der Waals surface area contributed by atoms with Crippen LogP contribution in [0.25, 0.3) is 12.7 Å². The minimum Gasteiger partial charge on any atom is -0.439 e. The lowest BCUT2D eigenvalue weighted by atomic mass is 10.2.